The van der Waals surface area contributed by atoms with Crippen LogP contribution in [0, 0.1) is 6.92 Å². The van der Waals surface area contributed by atoms with Gasteiger partial charge in [0.05, 0.1) is 38.9 Å². The summed E-state index contributed by atoms with van der Waals surface area (Å²) in [5.74, 6) is 2.08. The van der Waals surface area contributed by atoms with E-state index < -0.39 is 6.04 Å². The fourth-order valence-electron chi connectivity index (χ4n) is 3.12. The molecule has 0 radical (unpaired) electrons. The highest BCUT2D eigenvalue weighted by molar-refractivity contribution is 6.22. The van der Waals surface area contributed by atoms with Crippen LogP contribution in [0.5, 0.6) is 11.5 Å². The van der Waals surface area contributed by atoms with E-state index in [2.05, 4.69) is 0 Å². The average Bonchev–Trinajstić information content (AvgIpc) is 3.16. The van der Waals surface area contributed by atoms with Gasteiger partial charge in [-0.2, -0.15) is 0 Å². The number of carbonyl (C=O) groups is 2. The van der Waals surface area contributed by atoms with E-state index >= 15 is 0 Å². The number of aryl methyl sites for hydroxylation is 1. The largest absolute Gasteiger partial charge is 0.493 e. The van der Waals surface area contributed by atoms with Crippen molar-refractivity contribution < 1.29 is 23.5 Å². The number of imide groups is 1. The molecule has 1 aliphatic heterocycles. The van der Waals surface area contributed by atoms with Gasteiger partial charge >= 0.3 is 0 Å². The zero-order chi connectivity index (χ0) is 18.8. The van der Waals surface area contributed by atoms with Crippen molar-refractivity contribution in [1.82, 2.24) is 4.90 Å². The minimum absolute atomic E-state index is 0.128. The summed E-state index contributed by atoms with van der Waals surface area (Å²) in [6, 6.07) is 8.21. The lowest BCUT2D eigenvalue weighted by atomic mass is 10.2. The van der Waals surface area contributed by atoms with E-state index in [1.165, 1.54) is 19.1 Å². The monoisotopic (exact) mass is 358 g/mol. The maximum absolute atomic E-state index is 12.9. The summed E-state index contributed by atoms with van der Waals surface area (Å²) in [7, 11) is 4.86. The Labute approximate surface area is 152 Å². The van der Waals surface area contributed by atoms with Crippen LogP contribution < -0.4 is 14.4 Å². The van der Waals surface area contributed by atoms with Crippen molar-refractivity contribution >= 4 is 17.5 Å². The van der Waals surface area contributed by atoms with Crippen molar-refractivity contribution in [3.8, 4) is 11.5 Å². The van der Waals surface area contributed by atoms with Crippen molar-refractivity contribution in [2.45, 2.75) is 25.9 Å². The molecule has 1 fully saturated rings. The van der Waals surface area contributed by atoms with Crippen LogP contribution >= 0.6 is 0 Å². The Morgan fingerprint density at radius 2 is 1.88 bits per heavy atom. The third-order valence-corrected chi connectivity index (χ3v) is 4.48. The van der Waals surface area contributed by atoms with Gasteiger partial charge in [0.15, 0.2) is 11.5 Å². The number of hydrogen-bond acceptors (Lipinski definition) is 6. The predicted octanol–water partition coefficient (Wildman–Crippen LogP) is 2.37. The Balaban J connectivity index is 1.80. The fourth-order valence-corrected chi connectivity index (χ4v) is 3.12. The number of carbonyl (C=O) groups excluding carboxylic acids is 2. The van der Waals surface area contributed by atoms with Crippen LogP contribution in [-0.4, -0.2) is 44.0 Å². The zero-order valence-electron chi connectivity index (χ0n) is 15.3. The molecule has 0 bridgehead atoms. The van der Waals surface area contributed by atoms with Crippen LogP contribution in [0.15, 0.2) is 34.7 Å². The van der Waals surface area contributed by atoms with Crippen LogP contribution in [0.2, 0.25) is 0 Å². The molecule has 0 N–H and O–H groups in total. The summed E-state index contributed by atoms with van der Waals surface area (Å²) < 4.78 is 16.0. The first-order valence-corrected chi connectivity index (χ1v) is 8.29. The maximum Gasteiger partial charge on any atom is 0.251 e. The van der Waals surface area contributed by atoms with Crippen molar-refractivity contribution in [1.29, 1.82) is 0 Å². The summed E-state index contributed by atoms with van der Waals surface area (Å²) >= 11 is 0. The highest BCUT2D eigenvalue weighted by atomic mass is 16.5. The van der Waals surface area contributed by atoms with E-state index in [1.54, 1.807) is 18.2 Å². The normalized spacial score (nSPS) is 17.3. The number of ether oxygens (including phenoxy) is 2. The van der Waals surface area contributed by atoms with Gasteiger partial charge in [-0.1, -0.05) is 0 Å². The second-order valence-corrected chi connectivity index (χ2v) is 6.25. The molecule has 2 amide bonds. The number of anilines is 1. The second-order valence-electron chi connectivity index (χ2n) is 6.25. The number of rotatable bonds is 6. The minimum atomic E-state index is -0.527. The Bertz CT molecular complexity index is 829. The van der Waals surface area contributed by atoms with E-state index in [9.17, 15) is 9.59 Å². The molecule has 1 aromatic heterocycles. The van der Waals surface area contributed by atoms with Crippen LogP contribution in [0.3, 0.4) is 0 Å². The van der Waals surface area contributed by atoms with E-state index in [-0.39, 0.29) is 18.2 Å². The van der Waals surface area contributed by atoms with Crippen LogP contribution in [0.1, 0.15) is 17.9 Å². The van der Waals surface area contributed by atoms with Crippen molar-refractivity contribution in [2.75, 3.05) is 26.2 Å². The topological polar surface area (TPSA) is 72.2 Å². The lowest BCUT2D eigenvalue weighted by molar-refractivity contribution is -0.122. The van der Waals surface area contributed by atoms with Crippen molar-refractivity contribution in [2.24, 2.45) is 0 Å². The summed E-state index contributed by atoms with van der Waals surface area (Å²) in [4.78, 5) is 28.4. The standard InChI is InChI=1S/C19H22N2O5/c1-12-5-7-14(26-12)11-20(2)15-10-18(22)21(19(15)23)13-6-8-16(24-3)17(9-13)25-4/h5-9,15H,10-11H2,1-4H3/t15-/m1/s1. The summed E-state index contributed by atoms with van der Waals surface area (Å²) in [5.41, 5.74) is 0.474. The minimum Gasteiger partial charge on any atom is -0.493 e. The quantitative estimate of drug-likeness (QED) is 0.738. The van der Waals surface area contributed by atoms with Gasteiger partial charge in [-0.05, 0) is 38.2 Å². The molecule has 0 saturated carbocycles. The molecular formula is C19H22N2O5. The highest BCUT2D eigenvalue weighted by Gasteiger charge is 2.42. The van der Waals surface area contributed by atoms with Gasteiger partial charge < -0.3 is 13.9 Å². The molecule has 1 atom stereocenters. The summed E-state index contributed by atoms with van der Waals surface area (Å²) in [5, 5.41) is 0. The first-order chi connectivity index (χ1) is 12.4. The van der Waals surface area contributed by atoms with Gasteiger partial charge in [0, 0.05) is 6.07 Å². The van der Waals surface area contributed by atoms with Gasteiger partial charge in [-0.3, -0.25) is 14.5 Å². The van der Waals surface area contributed by atoms with Crippen LogP contribution in [0.4, 0.5) is 5.69 Å². The molecule has 7 heteroatoms. The van der Waals surface area contributed by atoms with E-state index in [0.29, 0.717) is 23.7 Å². The zero-order valence-corrected chi connectivity index (χ0v) is 15.3. The lowest BCUT2D eigenvalue weighted by Crippen LogP contribution is -2.39. The van der Waals surface area contributed by atoms with Crippen LogP contribution in [-0.2, 0) is 16.1 Å². The first-order valence-electron chi connectivity index (χ1n) is 8.29. The van der Waals surface area contributed by atoms with Gasteiger partial charge in [0.25, 0.3) is 5.91 Å². The van der Waals surface area contributed by atoms with Crippen molar-refractivity contribution in [3.05, 3.63) is 41.9 Å². The Hall–Kier alpha value is -2.80. The molecule has 26 heavy (non-hydrogen) atoms. The lowest BCUT2D eigenvalue weighted by Gasteiger charge is -2.22. The average molecular weight is 358 g/mol. The highest BCUT2D eigenvalue weighted by Crippen LogP contribution is 2.34. The maximum atomic E-state index is 12.9. The molecule has 2 aromatic rings. The smallest absolute Gasteiger partial charge is 0.251 e. The predicted molar refractivity (Wildman–Crippen MR) is 95.4 cm³/mol. The second kappa shape index (κ2) is 7.21. The van der Waals surface area contributed by atoms with Crippen LogP contribution in [0.25, 0.3) is 0 Å². The molecular weight excluding hydrogens is 336 g/mol. The summed E-state index contributed by atoms with van der Waals surface area (Å²) in [6.45, 7) is 2.32. The molecule has 1 aromatic carbocycles. The Kier molecular flexibility index (Phi) is 4.99. The SMILES string of the molecule is COc1ccc(N2C(=O)C[C@@H](N(C)Cc3ccc(C)o3)C2=O)cc1OC. The van der Waals surface area contributed by atoms with Gasteiger partial charge in [0.2, 0.25) is 5.91 Å². The number of methoxy groups -OCH3 is 2. The molecule has 138 valence electrons. The number of benzene rings is 1. The molecule has 0 aliphatic carbocycles. The van der Waals surface area contributed by atoms with Gasteiger partial charge in [0.1, 0.15) is 11.5 Å². The third-order valence-electron chi connectivity index (χ3n) is 4.48. The number of nitrogens with zero attached hydrogens (tertiary/aromatic N) is 2. The third kappa shape index (κ3) is 3.30. The molecule has 1 saturated heterocycles. The van der Waals surface area contributed by atoms with Gasteiger partial charge in [-0.15, -0.1) is 0 Å². The molecule has 3 rings (SSSR count). The fraction of sp³-hybridized carbons (Fsp3) is 0.368. The van der Waals surface area contributed by atoms with E-state index in [1.807, 2.05) is 31.0 Å². The Morgan fingerprint density at radius 3 is 2.50 bits per heavy atom. The number of hydrogen-bond donors (Lipinski definition) is 0. The molecule has 1 aliphatic rings. The number of likely N-dealkylation sites (N-methyl/N-ethyl adjacent to an activating group) is 1. The molecule has 0 spiro atoms. The van der Waals surface area contributed by atoms with Crippen molar-refractivity contribution in [3.63, 3.8) is 0 Å². The number of furan rings is 1. The first kappa shape index (κ1) is 18.0. The molecule has 2 heterocycles. The molecule has 7 nitrogen and oxygen atoms in total. The molecule has 0 unspecified atom stereocenters. The Morgan fingerprint density at radius 1 is 1.15 bits per heavy atom. The number of amides is 2. The summed E-state index contributed by atoms with van der Waals surface area (Å²) in [6.07, 6.45) is 0.128. The van der Waals surface area contributed by atoms with E-state index in [0.717, 1.165) is 11.5 Å². The van der Waals surface area contributed by atoms with E-state index in [4.69, 9.17) is 13.9 Å². The van der Waals surface area contributed by atoms with Gasteiger partial charge in [-0.25, -0.2) is 4.90 Å².